The van der Waals surface area contributed by atoms with Crippen LogP contribution in [0.3, 0.4) is 0 Å². The number of benzene rings is 1. The molecule has 2 aromatic heterocycles. The zero-order chi connectivity index (χ0) is 21.3. The van der Waals surface area contributed by atoms with Crippen LogP contribution in [0, 0.1) is 6.92 Å². The summed E-state index contributed by atoms with van der Waals surface area (Å²) in [6.07, 6.45) is 5.08. The molecule has 156 valence electrons. The Morgan fingerprint density at radius 2 is 2.00 bits per heavy atom. The van der Waals surface area contributed by atoms with Crippen molar-refractivity contribution in [3.63, 3.8) is 0 Å². The van der Waals surface area contributed by atoms with Crippen molar-refractivity contribution >= 4 is 17.5 Å². The lowest BCUT2D eigenvalue weighted by atomic mass is 10.1. The van der Waals surface area contributed by atoms with Crippen LogP contribution >= 0.6 is 0 Å². The van der Waals surface area contributed by atoms with Gasteiger partial charge in [-0.2, -0.15) is 0 Å². The molecular formula is C23H25N3O4. The SMILES string of the molecule is CCCCOc1ncccc1CNC(=O)c1ccc(C)c(NC(=O)c2ccco2)c1. The molecule has 7 heteroatoms. The van der Waals surface area contributed by atoms with Gasteiger partial charge in [-0.3, -0.25) is 9.59 Å². The van der Waals surface area contributed by atoms with E-state index in [0.29, 0.717) is 23.7 Å². The minimum atomic E-state index is -0.370. The van der Waals surface area contributed by atoms with Crippen LogP contribution in [0.5, 0.6) is 5.88 Å². The summed E-state index contributed by atoms with van der Waals surface area (Å²) in [7, 11) is 0. The summed E-state index contributed by atoms with van der Waals surface area (Å²) in [5, 5.41) is 5.66. The van der Waals surface area contributed by atoms with Gasteiger partial charge in [-0.05, 0) is 49.2 Å². The van der Waals surface area contributed by atoms with Gasteiger partial charge in [-0.15, -0.1) is 0 Å². The average Bonchev–Trinajstić information content (AvgIpc) is 3.29. The number of aromatic nitrogens is 1. The first-order valence-corrected chi connectivity index (χ1v) is 9.89. The molecule has 1 aromatic carbocycles. The maximum Gasteiger partial charge on any atom is 0.291 e. The van der Waals surface area contributed by atoms with Gasteiger partial charge in [0.05, 0.1) is 12.9 Å². The third kappa shape index (κ3) is 5.47. The third-order valence-corrected chi connectivity index (χ3v) is 4.52. The van der Waals surface area contributed by atoms with E-state index in [1.807, 2.05) is 19.1 Å². The molecule has 0 atom stereocenters. The summed E-state index contributed by atoms with van der Waals surface area (Å²) in [6.45, 7) is 4.83. The van der Waals surface area contributed by atoms with Gasteiger partial charge in [0, 0.05) is 29.6 Å². The molecule has 0 spiro atoms. The molecule has 0 aliphatic carbocycles. The number of aryl methyl sites for hydroxylation is 1. The predicted molar refractivity (Wildman–Crippen MR) is 114 cm³/mol. The van der Waals surface area contributed by atoms with Crippen molar-refractivity contribution in [2.75, 3.05) is 11.9 Å². The number of ether oxygens (including phenoxy) is 1. The lowest BCUT2D eigenvalue weighted by Gasteiger charge is -2.12. The molecule has 0 saturated carbocycles. The van der Waals surface area contributed by atoms with Crippen LogP contribution in [0.25, 0.3) is 0 Å². The van der Waals surface area contributed by atoms with E-state index < -0.39 is 0 Å². The second-order valence-corrected chi connectivity index (χ2v) is 6.81. The number of unbranched alkanes of at least 4 members (excludes halogenated alkanes) is 1. The Hall–Kier alpha value is -3.61. The number of rotatable bonds is 9. The largest absolute Gasteiger partial charge is 0.477 e. The fraction of sp³-hybridized carbons (Fsp3) is 0.261. The van der Waals surface area contributed by atoms with Crippen LogP contribution in [0.2, 0.25) is 0 Å². The van der Waals surface area contributed by atoms with Gasteiger partial charge in [0.25, 0.3) is 11.8 Å². The summed E-state index contributed by atoms with van der Waals surface area (Å²) in [5.41, 5.74) is 2.63. The first kappa shape index (κ1) is 21.1. The van der Waals surface area contributed by atoms with Crippen LogP contribution in [0.15, 0.2) is 59.3 Å². The molecule has 2 amide bonds. The van der Waals surface area contributed by atoms with Gasteiger partial charge >= 0.3 is 0 Å². The highest BCUT2D eigenvalue weighted by Crippen LogP contribution is 2.19. The fourth-order valence-corrected chi connectivity index (χ4v) is 2.77. The number of nitrogens with one attached hydrogen (secondary N) is 2. The van der Waals surface area contributed by atoms with Gasteiger partial charge in [-0.1, -0.05) is 25.5 Å². The molecule has 0 saturated heterocycles. The van der Waals surface area contributed by atoms with E-state index in [4.69, 9.17) is 9.15 Å². The van der Waals surface area contributed by atoms with Crippen LogP contribution in [-0.2, 0) is 6.54 Å². The number of nitrogens with zero attached hydrogens (tertiary/aromatic N) is 1. The maximum absolute atomic E-state index is 12.7. The van der Waals surface area contributed by atoms with E-state index in [1.165, 1.54) is 6.26 Å². The van der Waals surface area contributed by atoms with Crippen LogP contribution < -0.4 is 15.4 Å². The summed E-state index contributed by atoms with van der Waals surface area (Å²) < 4.78 is 10.8. The number of carbonyl (C=O) groups is 2. The molecule has 7 nitrogen and oxygen atoms in total. The van der Waals surface area contributed by atoms with Crippen molar-refractivity contribution in [2.45, 2.75) is 33.2 Å². The molecule has 0 bridgehead atoms. The van der Waals surface area contributed by atoms with Gasteiger partial charge in [0.2, 0.25) is 5.88 Å². The Morgan fingerprint density at radius 1 is 1.13 bits per heavy atom. The van der Waals surface area contributed by atoms with Crippen molar-refractivity contribution in [1.29, 1.82) is 0 Å². The van der Waals surface area contributed by atoms with Crippen molar-refractivity contribution in [3.05, 3.63) is 77.4 Å². The normalized spacial score (nSPS) is 10.5. The Balaban J connectivity index is 1.65. The highest BCUT2D eigenvalue weighted by molar-refractivity contribution is 6.03. The van der Waals surface area contributed by atoms with Crippen LogP contribution in [0.1, 0.15) is 51.8 Å². The monoisotopic (exact) mass is 407 g/mol. The molecule has 2 heterocycles. The molecule has 0 aliphatic heterocycles. The Labute approximate surface area is 175 Å². The van der Waals surface area contributed by atoms with Crippen molar-refractivity contribution in [2.24, 2.45) is 0 Å². The van der Waals surface area contributed by atoms with Crippen molar-refractivity contribution in [3.8, 4) is 5.88 Å². The summed E-state index contributed by atoms with van der Waals surface area (Å²) in [5.74, 6) is 0.106. The van der Waals surface area contributed by atoms with E-state index >= 15 is 0 Å². The van der Waals surface area contributed by atoms with Gasteiger partial charge in [0.15, 0.2) is 5.76 Å². The Kier molecular flexibility index (Phi) is 7.21. The zero-order valence-corrected chi connectivity index (χ0v) is 17.1. The van der Waals surface area contributed by atoms with E-state index in [-0.39, 0.29) is 24.1 Å². The second kappa shape index (κ2) is 10.2. The Bertz CT molecular complexity index is 999. The topological polar surface area (TPSA) is 93.5 Å². The number of furan rings is 1. The molecule has 0 radical (unpaired) electrons. The number of hydrogen-bond donors (Lipinski definition) is 2. The Morgan fingerprint density at radius 3 is 2.77 bits per heavy atom. The molecule has 3 aromatic rings. The van der Waals surface area contributed by atoms with E-state index in [9.17, 15) is 9.59 Å². The summed E-state index contributed by atoms with van der Waals surface area (Å²) in [4.78, 5) is 29.2. The molecular weight excluding hydrogens is 382 g/mol. The number of pyridine rings is 1. The van der Waals surface area contributed by atoms with Crippen molar-refractivity contribution in [1.82, 2.24) is 10.3 Å². The molecule has 0 fully saturated rings. The lowest BCUT2D eigenvalue weighted by Crippen LogP contribution is -2.23. The first-order chi connectivity index (χ1) is 14.6. The summed E-state index contributed by atoms with van der Waals surface area (Å²) >= 11 is 0. The standard InChI is InChI=1S/C23H25N3O4/c1-3-4-12-30-23-18(7-5-11-24-23)15-25-21(27)17-10-9-16(2)19(14-17)26-22(28)20-8-6-13-29-20/h5-11,13-14H,3-4,12,15H2,1-2H3,(H,25,27)(H,26,28). The van der Waals surface area contributed by atoms with Gasteiger partial charge in [-0.25, -0.2) is 4.98 Å². The molecule has 0 unspecified atom stereocenters. The van der Waals surface area contributed by atoms with Gasteiger partial charge < -0.3 is 19.8 Å². The first-order valence-electron chi connectivity index (χ1n) is 9.89. The van der Waals surface area contributed by atoms with Crippen LogP contribution in [0.4, 0.5) is 5.69 Å². The van der Waals surface area contributed by atoms with Crippen molar-refractivity contribution < 1.29 is 18.7 Å². The number of amides is 2. The molecule has 3 rings (SSSR count). The predicted octanol–water partition coefficient (Wildman–Crippen LogP) is 4.34. The smallest absolute Gasteiger partial charge is 0.291 e. The quantitative estimate of drug-likeness (QED) is 0.515. The molecule has 2 N–H and O–H groups in total. The zero-order valence-electron chi connectivity index (χ0n) is 17.1. The minimum absolute atomic E-state index is 0.205. The van der Waals surface area contributed by atoms with E-state index in [1.54, 1.807) is 36.5 Å². The minimum Gasteiger partial charge on any atom is -0.477 e. The molecule has 30 heavy (non-hydrogen) atoms. The maximum atomic E-state index is 12.7. The fourth-order valence-electron chi connectivity index (χ4n) is 2.77. The summed E-state index contributed by atoms with van der Waals surface area (Å²) in [6, 6.07) is 12.1. The highest BCUT2D eigenvalue weighted by Gasteiger charge is 2.14. The average molecular weight is 407 g/mol. The van der Waals surface area contributed by atoms with E-state index in [0.717, 1.165) is 24.0 Å². The molecule has 0 aliphatic rings. The lowest BCUT2D eigenvalue weighted by molar-refractivity contribution is 0.0948. The van der Waals surface area contributed by atoms with E-state index in [2.05, 4.69) is 22.5 Å². The van der Waals surface area contributed by atoms with Crippen LogP contribution in [-0.4, -0.2) is 23.4 Å². The second-order valence-electron chi connectivity index (χ2n) is 6.81. The third-order valence-electron chi connectivity index (χ3n) is 4.52. The number of hydrogen-bond acceptors (Lipinski definition) is 5. The number of anilines is 1. The number of carbonyl (C=O) groups excluding carboxylic acids is 2. The highest BCUT2D eigenvalue weighted by atomic mass is 16.5. The van der Waals surface area contributed by atoms with Gasteiger partial charge in [0.1, 0.15) is 0 Å².